The minimum absolute atomic E-state index is 0.0714. The Morgan fingerprint density at radius 1 is 0.917 bits per heavy atom. The molecule has 0 atom stereocenters. The molecule has 126 valence electrons. The molecule has 2 amide bonds. The second-order valence-electron chi connectivity index (χ2n) is 5.79. The van der Waals surface area contributed by atoms with Crippen molar-refractivity contribution in [3.05, 3.63) is 71.8 Å². The minimum Gasteiger partial charge on any atom is -0.350 e. The highest BCUT2D eigenvalue weighted by atomic mass is 16.2. The van der Waals surface area contributed by atoms with Gasteiger partial charge in [0.15, 0.2) is 0 Å². The fraction of sp³-hybridized carbons (Fsp3) is 0.300. The molecule has 0 heterocycles. The van der Waals surface area contributed by atoms with Crippen molar-refractivity contribution in [2.24, 2.45) is 0 Å². The molecule has 0 unspecified atom stereocenters. The lowest BCUT2D eigenvalue weighted by molar-refractivity contribution is -0.134. The number of rotatable bonds is 8. The maximum Gasteiger partial charge on any atom is 0.239 e. The van der Waals surface area contributed by atoms with Crippen molar-refractivity contribution in [1.82, 2.24) is 10.2 Å². The van der Waals surface area contributed by atoms with E-state index in [2.05, 4.69) is 17.4 Å². The van der Waals surface area contributed by atoms with Gasteiger partial charge in [0.05, 0.1) is 6.54 Å². The Morgan fingerprint density at radius 2 is 1.50 bits per heavy atom. The van der Waals surface area contributed by atoms with Gasteiger partial charge in [-0.25, -0.2) is 0 Å². The van der Waals surface area contributed by atoms with Crippen LogP contribution in [0.15, 0.2) is 60.7 Å². The summed E-state index contributed by atoms with van der Waals surface area (Å²) < 4.78 is 0. The molecule has 0 saturated carbocycles. The number of benzene rings is 2. The zero-order chi connectivity index (χ0) is 17.2. The van der Waals surface area contributed by atoms with Crippen LogP contribution in [0.4, 0.5) is 0 Å². The van der Waals surface area contributed by atoms with Gasteiger partial charge >= 0.3 is 0 Å². The van der Waals surface area contributed by atoms with Gasteiger partial charge in [0.1, 0.15) is 0 Å². The third-order valence-electron chi connectivity index (χ3n) is 3.85. The van der Waals surface area contributed by atoms with Gasteiger partial charge < -0.3 is 10.2 Å². The quantitative estimate of drug-likeness (QED) is 0.812. The molecular formula is C20H24N2O2. The van der Waals surface area contributed by atoms with E-state index in [1.54, 1.807) is 4.90 Å². The van der Waals surface area contributed by atoms with Crippen LogP contribution >= 0.6 is 0 Å². The van der Waals surface area contributed by atoms with E-state index in [9.17, 15) is 9.59 Å². The molecular weight excluding hydrogens is 300 g/mol. The molecule has 0 aromatic heterocycles. The van der Waals surface area contributed by atoms with E-state index in [0.717, 1.165) is 18.4 Å². The molecule has 1 N–H and O–H groups in total. The number of carbonyl (C=O) groups is 2. The predicted molar refractivity (Wildman–Crippen MR) is 95.3 cm³/mol. The van der Waals surface area contributed by atoms with Crippen molar-refractivity contribution in [2.75, 3.05) is 13.1 Å². The summed E-state index contributed by atoms with van der Waals surface area (Å²) in [5.74, 6) is -0.202. The Labute approximate surface area is 143 Å². The van der Waals surface area contributed by atoms with Crippen LogP contribution in [0.25, 0.3) is 0 Å². The fourth-order valence-electron chi connectivity index (χ4n) is 2.49. The molecule has 0 fully saturated rings. The lowest BCUT2D eigenvalue weighted by Crippen LogP contribution is -2.40. The molecule has 0 spiro atoms. The van der Waals surface area contributed by atoms with E-state index < -0.39 is 0 Å². The maximum atomic E-state index is 12.1. The summed E-state index contributed by atoms with van der Waals surface area (Å²) in [6, 6.07) is 19.9. The van der Waals surface area contributed by atoms with Crippen LogP contribution in [0, 0.1) is 0 Å². The first-order valence-corrected chi connectivity index (χ1v) is 8.25. The number of nitrogens with zero attached hydrogens (tertiary/aromatic N) is 1. The molecule has 2 aromatic carbocycles. The first-order chi connectivity index (χ1) is 11.6. The highest BCUT2D eigenvalue weighted by Crippen LogP contribution is 2.04. The Morgan fingerprint density at radius 3 is 2.08 bits per heavy atom. The van der Waals surface area contributed by atoms with Gasteiger partial charge in [-0.05, 0) is 24.0 Å². The zero-order valence-electron chi connectivity index (χ0n) is 14.1. The van der Waals surface area contributed by atoms with Gasteiger partial charge in [0.2, 0.25) is 11.8 Å². The summed E-state index contributed by atoms with van der Waals surface area (Å²) in [4.78, 5) is 25.4. The topological polar surface area (TPSA) is 49.4 Å². The standard InChI is InChI=1S/C20H24N2O2/c1-17(23)22(14-8-13-18-9-4-2-5-10-18)16-20(24)21-15-19-11-6-3-7-12-19/h2-7,9-12H,8,13-16H2,1H3,(H,21,24). The molecule has 0 aliphatic rings. The first kappa shape index (κ1) is 17.7. The van der Waals surface area contributed by atoms with Crippen molar-refractivity contribution < 1.29 is 9.59 Å². The molecule has 2 rings (SSSR count). The SMILES string of the molecule is CC(=O)N(CCCc1ccccc1)CC(=O)NCc1ccccc1. The van der Waals surface area contributed by atoms with E-state index in [4.69, 9.17) is 0 Å². The van der Waals surface area contributed by atoms with Crippen LogP contribution in [-0.4, -0.2) is 29.8 Å². The van der Waals surface area contributed by atoms with Gasteiger partial charge in [0, 0.05) is 20.0 Å². The number of carbonyl (C=O) groups excluding carboxylic acids is 2. The average molecular weight is 324 g/mol. The summed E-state index contributed by atoms with van der Waals surface area (Å²) >= 11 is 0. The third-order valence-corrected chi connectivity index (χ3v) is 3.85. The highest BCUT2D eigenvalue weighted by Gasteiger charge is 2.13. The minimum atomic E-state index is -0.131. The molecule has 4 heteroatoms. The number of aryl methyl sites for hydroxylation is 1. The maximum absolute atomic E-state index is 12.1. The summed E-state index contributed by atoms with van der Waals surface area (Å²) in [7, 11) is 0. The van der Waals surface area contributed by atoms with Crippen LogP contribution in [0.3, 0.4) is 0 Å². The Kier molecular flexibility index (Phi) is 7.02. The molecule has 0 aliphatic heterocycles. The van der Waals surface area contributed by atoms with Crippen LogP contribution < -0.4 is 5.32 Å². The molecule has 0 bridgehead atoms. The van der Waals surface area contributed by atoms with Crippen molar-refractivity contribution in [3.8, 4) is 0 Å². The van der Waals surface area contributed by atoms with Gasteiger partial charge in [0.25, 0.3) is 0 Å². The Bertz CT molecular complexity index is 641. The fourth-order valence-corrected chi connectivity index (χ4v) is 2.49. The first-order valence-electron chi connectivity index (χ1n) is 8.25. The van der Waals surface area contributed by atoms with Crippen molar-refractivity contribution in [2.45, 2.75) is 26.3 Å². The van der Waals surface area contributed by atoms with Crippen LogP contribution in [0.5, 0.6) is 0 Å². The molecule has 4 nitrogen and oxygen atoms in total. The summed E-state index contributed by atoms with van der Waals surface area (Å²) in [5, 5.41) is 2.86. The lowest BCUT2D eigenvalue weighted by Gasteiger charge is -2.20. The largest absolute Gasteiger partial charge is 0.350 e. The molecule has 24 heavy (non-hydrogen) atoms. The van der Waals surface area contributed by atoms with Gasteiger partial charge in [-0.1, -0.05) is 60.7 Å². The Hall–Kier alpha value is -2.62. The van der Waals surface area contributed by atoms with E-state index in [0.29, 0.717) is 13.1 Å². The smallest absolute Gasteiger partial charge is 0.239 e. The van der Waals surface area contributed by atoms with Crippen LogP contribution in [0.2, 0.25) is 0 Å². The lowest BCUT2D eigenvalue weighted by atomic mass is 10.1. The number of nitrogens with one attached hydrogen (secondary N) is 1. The van der Waals surface area contributed by atoms with Crippen molar-refractivity contribution >= 4 is 11.8 Å². The molecule has 0 saturated heterocycles. The average Bonchev–Trinajstić information content (AvgIpc) is 2.61. The zero-order valence-corrected chi connectivity index (χ0v) is 14.1. The number of hydrogen-bond acceptors (Lipinski definition) is 2. The summed E-state index contributed by atoms with van der Waals surface area (Å²) in [6.07, 6.45) is 1.74. The second kappa shape index (κ2) is 9.50. The van der Waals surface area contributed by atoms with Gasteiger partial charge in [-0.2, -0.15) is 0 Å². The molecule has 0 radical (unpaired) electrons. The normalized spacial score (nSPS) is 10.2. The Balaban J connectivity index is 1.75. The van der Waals surface area contributed by atoms with E-state index in [-0.39, 0.29) is 18.4 Å². The predicted octanol–water partition coefficient (Wildman–Crippen LogP) is 2.78. The van der Waals surface area contributed by atoms with E-state index >= 15 is 0 Å². The summed E-state index contributed by atoms with van der Waals surface area (Å²) in [6.45, 7) is 2.68. The van der Waals surface area contributed by atoms with Gasteiger partial charge in [-0.3, -0.25) is 9.59 Å². The number of amides is 2. The van der Waals surface area contributed by atoms with Crippen molar-refractivity contribution in [3.63, 3.8) is 0 Å². The second-order valence-corrected chi connectivity index (χ2v) is 5.79. The van der Waals surface area contributed by atoms with Crippen LogP contribution in [-0.2, 0) is 22.6 Å². The summed E-state index contributed by atoms with van der Waals surface area (Å²) in [5.41, 5.74) is 2.29. The molecule has 2 aromatic rings. The van der Waals surface area contributed by atoms with E-state index in [1.165, 1.54) is 12.5 Å². The number of hydrogen-bond donors (Lipinski definition) is 1. The highest BCUT2D eigenvalue weighted by molar-refractivity contribution is 5.83. The molecule has 0 aliphatic carbocycles. The van der Waals surface area contributed by atoms with Gasteiger partial charge in [-0.15, -0.1) is 0 Å². The van der Waals surface area contributed by atoms with Crippen LogP contribution in [0.1, 0.15) is 24.5 Å². The third kappa shape index (κ3) is 6.24. The van der Waals surface area contributed by atoms with E-state index in [1.807, 2.05) is 48.5 Å². The monoisotopic (exact) mass is 324 g/mol. The van der Waals surface area contributed by atoms with Crippen molar-refractivity contribution in [1.29, 1.82) is 0 Å².